The highest BCUT2D eigenvalue weighted by Gasteiger charge is 2.22. The standard InChI is InChI=1S/C19H26N4O2/c1-13-4-5-17(10-14(13)2)21-19(24)12-23-8-6-16(7-9-23)11-18-20-15(3)25-22-18/h4-5,10,16H,6-9,11-12H2,1-3H3,(H,21,24). The van der Waals surface area contributed by atoms with E-state index in [4.69, 9.17) is 4.52 Å². The zero-order valence-electron chi connectivity index (χ0n) is 15.2. The van der Waals surface area contributed by atoms with E-state index in [1.54, 1.807) is 0 Å². The molecular formula is C19H26N4O2. The number of hydrogen-bond acceptors (Lipinski definition) is 5. The summed E-state index contributed by atoms with van der Waals surface area (Å²) in [5.74, 6) is 2.03. The number of aromatic nitrogens is 2. The van der Waals surface area contributed by atoms with Gasteiger partial charge in [-0.25, -0.2) is 0 Å². The first-order valence-electron chi connectivity index (χ1n) is 8.88. The third-order valence-corrected chi connectivity index (χ3v) is 4.91. The van der Waals surface area contributed by atoms with Crippen molar-refractivity contribution in [3.05, 3.63) is 41.0 Å². The molecule has 1 amide bonds. The number of piperidine rings is 1. The monoisotopic (exact) mass is 342 g/mol. The van der Waals surface area contributed by atoms with Gasteiger partial charge in [0.1, 0.15) is 0 Å². The van der Waals surface area contributed by atoms with Gasteiger partial charge in [-0.2, -0.15) is 4.98 Å². The van der Waals surface area contributed by atoms with E-state index in [-0.39, 0.29) is 5.91 Å². The Hall–Kier alpha value is -2.21. The van der Waals surface area contributed by atoms with Crippen LogP contribution in [0.1, 0.15) is 35.7 Å². The van der Waals surface area contributed by atoms with E-state index >= 15 is 0 Å². The molecule has 2 heterocycles. The van der Waals surface area contributed by atoms with Gasteiger partial charge in [0, 0.05) is 19.0 Å². The van der Waals surface area contributed by atoms with Gasteiger partial charge in [0.2, 0.25) is 11.8 Å². The van der Waals surface area contributed by atoms with Gasteiger partial charge >= 0.3 is 0 Å². The van der Waals surface area contributed by atoms with Crippen LogP contribution in [0.2, 0.25) is 0 Å². The number of carbonyl (C=O) groups is 1. The summed E-state index contributed by atoms with van der Waals surface area (Å²) in [6, 6.07) is 6.02. The lowest BCUT2D eigenvalue weighted by Gasteiger charge is -2.30. The fraction of sp³-hybridized carbons (Fsp3) is 0.526. The van der Waals surface area contributed by atoms with Crippen LogP contribution in [0.4, 0.5) is 5.69 Å². The van der Waals surface area contributed by atoms with E-state index in [2.05, 4.69) is 34.2 Å². The third kappa shape index (κ3) is 4.89. The van der Waals surface area contributed by atoms with E-state index in [9.17, 15) is 4.79 Å². The minimum Gasteiger partial charge on any atom is -0.340 e. The van der Waals surface area contributed by atoms with E-state index in [1.165, 1.54) is 11.1 Å². The van der Waals surface area contributed by atoms with Crippen molar-refractivity contribution in [2.75, 3.05) is 25.0 Å². The Morgan fingerprint density at radius 2 is 2.00 bits per heavy atom. The fourth-order valence-corrected chi connectivity index (χ4v) is 3.25. The van der Waals surface area contributed by atoms with Gasteiger partial charge in [-0.15, -0.1) is 0 Å². The molecule has 1 saturated heterocycles. The molecule has 0 spiro atoms. The molecule has 1 fully saturated rings. The Kier molecular flexibility index (Phi) is 5.48. The van der Waals surface area contributed by atoms with E-state index in [0.29, 0.717) is 18.4 Å². The summed E-state index contributed by atoms with van der Waals surface area (Å²) in [5.41, 5.74) is 3.29. The summed E-state index contributed by atoms with van der Waals surface area (Å²) in [7, 11) is 0. The molecule has 0 atom stereocenters. The molecule has 3 rings (SSSR count). The number of amides is 1. The van der Waals surface area contributed by atoms with Gasteiger partial charge in [0.15, 0.2) is 5.82 Å². The first kappa shape index (κ1) is 17.6. The van der Waals surface area contributed by atoms with Crippen molar-refractivity contribution >= 4 is 11.6 Å². The van der Waals surface area contributed by atoms with Gasteiger partial charge in [-0.05, 0) is 69.0 Å². The second-order valence-corrected chi connectivity index (χ2v) is 7.00. The van der Waals surface area contributed by atoms with Crippen LogP contribution < -0.4 is 5.32 Å². The van der Waals surface area contributed by atoms with Crippen LogP contribution in [0.3, 0.4) is 0 Å². The van der Waals surface area contributed by atoms with Crippen molar-refractivity contribution in [1.29, 1.82) is 0 Å². The average molecular weight is 342 g/mol. The molecule has 1 aromatic carbocycles. The van der Waals surface area contributed by atoms with Crippen LogP contribution in [0.15, 0.2) is 22.7 Å². The van der Waals surface area contributed by atoms with Crippen molar-refractivity contribution in [2.45, 2.75) is 40.0 Å². The maximum atomic E-state index is 12.3. The van der Waals surface area contributed by atoms with Crippen LogP contribution in [0, 0.1) is 26.7 Å². The summed E-state index contributed by atoms with van der Waals surface area (Å²) in [4.78, 5) is 18.8. The zero-order valence-corrected chi connectivity index (χ0v) is 15.2. The molecule has 6 heteroatoms. The predicted octanol–water partition coefficient (Wildman–Crippen LogP) is 2.89. The number of nitrogens with one attached hydrogen (secondary N) is 1. The summed E-state index contributed by atoms with van der Waals surface area (Å²) in [5, 5.41) is 6.97. The van der Waals surface area contributed by atoms with Gasteiger partial charge in [-0.1, -0.05) is 11.2 Å². The highest BCUT2D eigenvalue weighted by Crippen LogP contribution is 2.21. The van der Waals surface area contributed by atoms with Crippen LogP contribution in [0.25, 0.3) is 0 Å². The predicted molar refractivity (Wildman–Crippen MR) is 96.4 cm³/mol. The zero-order chi connectivity index (χ0) is 17.8. The summed E-state index contributed by atoms with van der Waals surface area (Å²) in [6.07, 6.45) is 2.98. The Balaban J connectivity index is 1.43. The van der Waals surface area contributed by atoms with Crippen molar-refractivity contribution in [3.8, 4) is 0 Å². The molecule has 0 saturated carbocycles. The Morgan fingerprint density at radius 3 is 2.64 bits per heavy atom. The minimum absolute atomic E-state index is 0.0514. The average Bonchev–Trinajstić information content (AvgIpc) is 2.98. The van der Waals surface area contributed by atoms with E-state index in [1.807, 2.05) is 25.1 Å². The van der Waals surface area contributed by atoms with Crippen LogP contribution >= 0.6 is 0 Å². The quantitative estimate of drug-likeness (QED) is 0.905. The highest BCUT2D eigenvalue weighted by molar-refractivity contribution is 5.92. The van der Waals surface area contributed by atoms with E-state index < -0.39 is 0 Å². The molecule has 2 aromatic rings. The molecule has 1 aromatic heterocycles. The Labute approximate surface area is 148 Å². The number of rotatable bonds is 5. The first-order valence-corrected chi connectivity index (χ1v) is 8.88. The molecule has 0 bridgehead atoms. The largest absolute Gasteiger partial charge is 0.340 e. The lowest BCUT2D eigenvalue weighted by molar-refractivity contribution is -0.117. The summed E-state index contributed by atoms with van der Waals surface area (Å²) < 4.78 is 5.03. The van der Waals surface area contributed by atoms with Crippen molar-refractivity contribution in [1.82, 2.24) is 15.0 Å². The number of carbonyl (C=O) groups excluding carboxylic acids is 1. The fourth-order valence-electron chi connectivity index (χ4n) is 3.25. The molecule has 0 radical (unpaired) electrons. The SMILES string of the molecule is Cc1nc(CC2CCN(CC(=O)Nc3ccc(C)c(C)c3)CC2)no1. The van der Waals surface area contributed by atoms with Gasteiger partial charge in [-0.3, -0.25) is 9.69 Å². The van der Waals surface area contributed by atoms with Crippen LogP contribution in [0.5, 0.6) is 0 Å². The molecule has 1 N–H and O–H groups in total. The first-order chi connectivity index (χ1) is 12.0. The normalized spacial score (nSPS) is 16.1. The van der Waals surface area contributed by atoms with Crippen LogP contribution in [-0.2, 0) is 11.2 Å². The van der Waals surface area contributed by atoms with Crippen molar-refractivity contribution < 1.29 is 9.32 Å². The number of nitrogens with zero attached hydrogens (tertiary/aromatic N) is 3. The second-order valence-electron chi connectivity index (χ2n) is 7.00. The maximum Gasteiger partial charge on any atom is 0.238 e. The Bertz CT molecular complexity index is 733. The summed E-state index contributed by atoms with van der Waals surface area (Å²) >= 11 is 0. The minimum atomic E-state index is 0.0514. The molecule has 0 aliphatic carbocycles. The maximum absolute atomic E-state index is 12.3. The second kappa shape index (κ2) is 7.78. The molecule has 134 valence electrons. The topological polar surface area (TPSA) is 71.3 Å². The number of aryl methyl sites for hydroxylation is 3. The third-order valence-electron chi connectivity index (χ3n) is 4.91. The van der Waals surface area contributed by atoms with E-state index in [0.717, 1.165) is 43.9 Å². The molecule has 1 aliphatic rings. The van der Waals surface area contributed by atoms with Gasteiger partial charge < -0.3 is 9.84 Å². The number of likely N-dealkylation sites (tertiary alicyclic amines) is 1. The smallest absolute Gasteiger partial charge is 0.238 e. The molecule has 6 nitrogen and oxygen atoms in total. The molecule has 25 heavy (non-hydrogen) atoms. The number of benzene rings is 1. The summed E-state index contributed by atoms with van der Waals surface area (Å²) in [6.45, 7) is 8.25. The lowest BCUT2D eigenvalue weighted by Crippen LogP contribution is -2.39. The Morgan fingerprint density at radius 1 is 1.24 bits per heavy atom. The molecular weight excluding hydrogens is 316 g/mol. The van der Waals surface area contributed by atoms with Gasteiger partial charge in [0.05, 0.1) is 6.54 Å². The molecule has 1 aliphatic heterocycles. The van der Waals surface area contributed by atoms with Gasteiger partial charge in [0.25, 0.3) is 0 Å². The number of hydrogen-bond donors (Lipinski definition) is 1. The van der Waals surface area contributed by atoms with Crippen molar-refractivity contribution in [3.63, 3.8) is 0 Å². The number of anilines is 1. The lowest BCUT2D eigenvalue weighted by atomic mass is 9.93. The van der Waals surface area contributed by atoms with Crippen molar-refractivity contribution in [2.24, 2.45) is 5.92 Å². The van der Waals surface area contributed by atoms with Crippen LogP contribution in [-0.4, -0.2) is 40.6 Å². The molecule has 0 unspecified atom stereocenters. The highest BCUT2D eigenvalue weighted by atomic mass is 16.5.